The molecular formula is C104H58N8S2. The number of aromatic nitrogens is 8. The Kier molecular flexibility index (Phi) is 12.8. The Morgan fingerprint density at radius 2 is 0.658 bits per heavy atom. The van der Waals surface area contributed by atoms with Crippen molar-refractivity contribution in [1.29, 1.82) is 0 Å². The number of benzene rings is 18. The molecule has 0 bridgehead atoms. The second kappa shape index (κ2) is 23.4. The molecule has 0 fully saturated rings. The first kappa shape index (κ1) is 62.1. The minimum atomic E-state index is 0.771. The van der Waals surface area contributed by atoms with Crippen LogP contribution in [0.2, 0.25) is 0 Å². The maximum atomic E-state index is 6.00. The SMILES string of the molecule is c1ccc2c(c1)ccc1c2c2ccc(-c3ccc4nc(-n5c6ccc(-n7c8ccccc8c8ccc9ccccc9c87)cc6c6c7ccccc7ccc65)c(-c5cccc6c5sc5ccccc56)nc4c3)cc2n1-c1ccc2c(c1)c1c3ccccc3ccc1n2-c1nc2ccccc2nc1-c1ccc2c(c1)sc1ccccc12. The summed E-state index contributed by atoms with van der Waals surface area (Å²) in [6.07, 6.45) is 0. The molecule has 0 atom stereocenters. The van der Waals surface area contributed by atoms with Crippen LogP contribution in [0.25, 0.3) is 249 Å². The highest BCUT2D eigenvalue weighted by molar-refractivity contribution is 7.26. The molecule has 0 N–H and O–H groups in total. The third-order valence-electron chi connectivity index (χ3n) is 24.3. The maximum Gasteiger partial charge on any atom is 0.165 e. The van der Waals surface area contributed by atoms with Gasteiger partial charge in [-0.25, -0.2) is 19.9 Å². The number of hydrogen-bond donors (Lipinski definition) is 0. The molecule has 26 rings (SSSR count). The van der Waals surface area contributed by atoms with Gasteiger partial charge in [0.25, 0.3) is 0 Å². The van der Waals surface area contributed by atoms with E-state index in [0.717, 1.165) is 128 Å². The predicted octanol–water partition coefficient (Wildman–Crippen LogP) is 28.3. The molecule has 114 heavy (non-hydrogen) atoms. The van der Waals surface area contributed by atoms with Gasteiger partial charge in [0.1, 0.15) is 11.4 Å². The van der Waals surface area contributed by atoms with Crippen molar-refractivity contribution >= 4 is 215 Å². The normalized spacial score (nSPS) is 12.4. The molecule has 0 aliphatic carbocycles. The molecule has 0 aliphatic rings. The highest BCUT2D eigenvalue weighted by atomic mass is 32.1. The fourth-order valence-electron chi connectivity index (χ4n) is 19.2. The minimum Gasteiger partial charge on any atom is -0.309 e. The summed E-state index contributed by atoms with van der Waals surface area (Å²) in [6, 6.07) is 129. The van der Waals surface area contributed by atoms with E-state index in [1.165, 1.54) is 121 Å². The number of nitrogens with zero attached hydrogens (tertiary/aromatic N) is 8. The highest BCUT2D eigenvalue weighted by Crippen LogP contribution is 2.49. The molecule has 0 radical (unpaired) electrons. The van der Waals surface area contributed by atoms with Crippen LogP contribution in [0.15, 0.2) is 352 Å². The van der Waals surface area contributed by atoms with E-state index in [1.54, 1.807) is 0 Å². The number of rotatable bonds is 7. The lowest BCUT2D eigenvalue weighted by Gasteiger charge is -2.15. The highest BCUT2D eigenvalue weighted by Gasteiger charge is 2.28. The third-order valence-corrected chi connectivity index (χ3v) is 26.6. The van der Waals surface area contributed by atoms with Crippen molar-refractivity contribution in [3.63, 3.8) is 0 Å². The van der Waals surface area contributed by atoms with Crippen LogP contribution in [0.5, 0.6) is 0 Å². The monoisotopic (exact) mass is 1480 g/mol. The first-order valence-corrected chi connectivity index (χ1v) is 40.4. The van der Waals surface area contributed by atoms with Gasteiger partial charge in [0.2, 0.25) is 0 Å². The van der Waals surface area contributed by atoms with Gasteiger partial charge in [-0.1, -0.05) is 243 Å². The lowest BCUT2D eigenvalue weighted by atomic mass is 10.0. The Hall–Kier alpha value is -14.7. The molecule has 26 aromatic rings. The van der Waals surface area contributed by atoms with Crippen LogP contribution in [-0.2, 0) is 0 Å². The lowest BCUT2D eigenvalue weighted by Crippen LogP contribution is -2.04. The number of hydrogen-bond acceptors (Lipinski definition) is 6. The summed E-state index contributed by atoms with van der Waals surface area (Å²) in [5.41, 5.74) is 20.0. The molecule has 0 unspecified atom stereocenters. The zero-order valence-corrected chi connectivity index (χ0v) is 62.5. The summed E-state index contributed by atoms with van der Waals surface area (Å²) in [7, 11) is 0. The Balaban J connectivity index is 0.687. The summed E-state index contributed by atoms with van der Waals surface area (Å²) >= 11 is 3.65. The van der Waals surface area contributed by atoms with Gasteiger partial charge < -0.3 is 9.13 Å². The quantitative estimate of drug-likeness (QED) is 0.159. The molecule has 8 heterocycles. The zero-order valence-electron chi connectivity index (χ0n) is 60.9. The molecule has 0 aliphatic heterocycles. The topological polar surface area (TPSA) is 71.3 Å². The van der Waals surface area contributed by atoms with Crippen LogP contribution >= 0.6 is 22.7 Å². The predicted molar refractivity (Wildman–Crippen MR) is 482 cm³/mol. The van der Waals surface area contributed by atoms with Crippen molar-refractivity contribution < 1.29 is 0 Å². The van der Waals surface area contributed by atoms with Crippen LogP contribution in [0.1, 0.15) is 0 Å². The Labute approximate surface area is 657 Å². The fraction of sp³-hybridized carbons (Fsp3) is 0. The van der Waals surface area contributed by atoms with E-state index < -0.39 is 0 Å². The Morgan fingerprint density at radius 3 is 1.34 bits per heavy atom. The standard InChI is InChI=1S/C104H58N8S2/c1-5-22-68-59(18-1)40-49-89-96(68)78-47-37-64(55-92(78)109(89)66-43-52-87-80(57-66)97-69-23-6-2-19-60(69)41-50-90(97)111(87)103-99(105-82-31-12-13-32-83(82)107-103)65-38-45-75-73-27-10-15-34-93(73)113-95(75)56-65)63-39-48-84-85(54-63)106-100(79-30-17-29-77-74-28-11-16-35-94(74)114-102(77)79)104(108-84)112-88-53-44-67(58-81(88)98-70-24-7-3-20-61(70)42-51-91(98)112)110-86-33-14-9-26-72(86)76-46-36-62-21-4-8-25-71(62)101(76)110/h1-58H. The number of fused-ring (bicyclic) bond motifs is 28. The molecule has 0 saturated carbocycles. The molecule has 8 aromatic heterocycles. The third kappa shape index (κ3) is 8.80. The van der Waals surface area contributed by atoms with E-state index in [2.05, 4.69) is 370 Å². The van der Waals surface area contributed by atoms with Gasteiger partial charge >= 0.3 is 0 Å². The van der Waals surface area contributed by atoms with Gasteiger partial charge in [-0.05, 0) is 158 Å². The number of thiophene rings is 2. The summed E-state index contributed by atoms with van der Waals surface area (Å²) in [6.45, 7) is 0. The van der Waals surface area contributed by atoms with E-state index in [1.807, 2.05) is 22.7 Å². The fourth-order valence-corrected chi connectivity index (χ4v) is 21.6. The van der Waals surface area contributed by atoms with Crippen LogP contribution in [-0.4, -0.2) is 38.2 Å². The van der Waals surface area contributed by atoms with E-state index in [-0.39, 0.29) is 0 Å². The second-order valence-corrected chi connectivity index (χ2v) is 32.4. The average Bonchev–Trinajstić information content (AvgIpc) is 1.49. The minimum absolute atomic E-state index is 0.771. The largest absolute Gasteiger partial charge is 0.309 e. The molecule has 8 nitrogen and oxygen atoms in total. The summed E-state index contributed by atoms with van der Waals surface area (Å²) in [4.78, 5) is 23.1. The van der Waals surface area contributed by atoms with Crippen LogP contribution in [0.4, 0.5) is 0 Å². The van der Waals surface area contributed by atoms with Gasteiger partial charge in [0, 0.05) is 111 Å². The van der Waals surface area contributed by atoms with E-state index in [9.17, 15) is 0 Å². The summed E-state index contributed by atoms with van der Waals surface area (Å²) in [5, 5.41) is 23.9. The summed E-state index contributed by atoms with van der Waals surface area (Å²) < 4.78 is 14.6. The maximum absolute atomic E-state index is 6.00. The van der Waals surface area contributed by atoms with Crippen LogP contribution < -0.4 is 0 Å². The molecule has 18 aromatic carbocycles. The first-order chi connectivity index (χ1) is 56.5. The van der Waals surface area contributed by atoms with Gasteiger partial charge in [0.15, 0.2) is 11.6 Å². The molecule has 10 heteroatoms. The van der Waals surface area contributed by atoms with Gasteiger partial charge in [-0.3, -0.25) is 9.13 Å². The van der Waals surface area contributed by atoms with Crippen LogP contribution in [0.3, 0.4) is 0 Å². The van der Waals surface area contributed by atoms with Crippen molar-refractivity contribution in [2.24, 2.45) is 0 Å². The smallest absolute Gasteiger partial charge is 0.165 e. The Morgan fingerprint density at radius 1 is 0.211 bits per heavy atom. The van der Waals surface area contributed by atoms with E-state index in [0.29, 0.717) is 0 Å². The summed E-state index contributed by atoms with van der Waals surface area (Å²) in [5.74, 6) is 1.55. The molecular weight excluding hydrogens is 1430 g/mol. The van der Waals surface area contributed by atoms with Crippen molar-refractivity contribution in [2.45, 2.75) is 0 Å². The molecule has 0 saturated heterocycles. The van der Waals surface area contributed by atoms with Crippen molar-refractivity contribution in [1.82, 2.24) is 38.2 Å². The van der Waals surface area contributed by atoms with E-state index in [4.69, 9.17) is 19.9 Å². The molecule has 0 spiro atoms. The molecule has 0 amide bonds. The average molecular weight is 1480 g/mol. The van der Waals surface area contributed by atoms with Crippen molar-refractivity contribution in [3.8, 4) is 56.7 Å². The van der Waals surface area contributed by atoms with Gasteiger partial charge in [-0.2, -0.15) is 0 Å². The van der Waals surface area contributed by atoms with Crippen LogP contribution in [0, 0.1) is 0 Å². The zero-order chi connectivity index (χ0) is 74.1. The number of para-hydroxylation sites is 3. The Bertz CT molecular complexity index is 8790. The lowest BCUT2D eigenvalue weighted by molar-refractivity contribution is 1.08. The van der Waals surface area contributed by atoms with Crippen molar-refractivity contribution in [3.05, 3.63) is 352 Å². The first-order valence-electron chi connectivity index (χ1n) is 38.7. The second-order valence-electron chi connectivity index (χ2n) is 30.3. The van der Waals surface area contributed by atoms with E-state index >= 15 is 0 Å². The van der Waals surface area contributed by atoms with Gasteiger partial charge in [-0.15, -0.1) is 22.7 Å². The van der Waals surface area contributed by atoms with Gasteiger partial charge in [0.05, 0.1) is 66.2 Å². The molecule has 526 valence electrons. The van der Waals surface area contributed by atoms with Crippen molar-refractivity contribution in [2.75, 3.05) is 0 Å².